The van der Waals surface area contributed by atoms with Crippen molar-refractivity contribution in [3.63, 3.8) is 0 Å². The summed E-state index contributed by atoms with van der Waals surface area (Å²) in [5, 5.41) is 2.81. The van der Waals surface area contributed by atoms with Gasteiger partial charge in [0, 0.05) is 18.8 Å². The van der Waals surface area contributed by atoms with Crippen molar-refractivity contribution in [3.8, 4) is 0 Å². The van der Waals surface area contributed by atoms with Crippen molar-refractivity contribution in [2.75, 3.05) is 7.11 Å². The van der Waals surface area contributed by atoms with Gasteiger partial charge in [0.2, 0.25) is 5.91 Å². The molecule has 2 unspecified atom stereocenters. The molecule has 0 radical (unpaired) electrons. The maximum Gasteiger partial charge on any atom is 0.328 e. The van der Waals surface area contributed by atoms with Crippen molar-refractivity contribution in [1.29, 1.82) is 0 Å². The van der Waals surface area contributed by atoms with Gasteiger partial charge >= 0.3 is 5.97 Å². The molecule has 0 fully saturated rings. The Morgan fingerprint density at radius 2 is 1.72 bits per heavy atom. The van der Waals surface area contributed by atoms with E-state index in [4.69, 9.17) is 4.74 Å². The molecule has 1 amide bonds. The minimum atomic E-state index is -0.725. The number of aryl methyl sites for hydroxylation is 1. The van der Waals surface area contributed by atoms with Crippen LogP contribution < -0.4 is 5.32 Å². The van der Waals surface area contributed by atoms with Crippen molar-refractivity contribution >= 4 is 11.9 Å². The summed E-state index contributed by atoms with van der Waals surface area (Å²) in [6.45, 7) is 3.92. The molecule has 2 rings (SSSR count). The molecule has 5 heteroatoms. The summed E-state index contributed by atoms with van der Waals surface area (Å²) in [5.74, 6) is -1.01. The molecule has 0 aliphatic carbocycles. The fourth-order valence-electron chi connectivity index (χ4n) is 2.58. The molecule has 2 aromatic rings. The first-order valence-corrected chi connectivity index (χ1v) is 8.41. The maximum absolute atomic E-state index is 12.6. The van der Waals surface area contributed by atoms with E-state index in [1.807, 2.05) is 43.3 Å². The molecule has 0 saturated carbocycles. The van der Waals surface area contributed by atoms with Crippen LogP contribution in [-0.2, 0) is 27.2 Å². The van der Waals surface area contributed by atoms with Gasteiger partial charge in [-0.1, -0.05) is 31.2 Å². The number of hydrogen-bond donors (Lipinski definition) is 1. The minimum absolute atomic E-state index is 0.200. The standard InChI is InChI=1S/C20H24N2O3/c1-4-15-5-7-17(8-6-15)14(2)19(23)22-18(20(24)25-3)13-16-9-11-21-12-10-16/h5-12,14,18H,4,13H2,1-3H3,(H,22,23). The Labute approximate surface area is 148 Å². The van der Waals surface area contributed by atoms with Crippen molar-refractivity contribution in [3.05, 3.63) is 65.5 Å². The van der Waals surface area contributed by atoms with E-state index in [1.165, 1.54) is 12.7 Å². The van der Waals surface area contributed by atoms with E-state index < -0.39 is 12.0 Å². The number of esters is 1. The van der Waals surface area contributed by atoms with Gasteiger partial charge in [-0.05, 0) is 42.2 Å². The summed E-state index contributed by atoms with van der Waals surface area (Å²) in [4.78, 5) is 28.6. The van der Waals surface area contributed by atoms with Gasteiger partial charge in [0.15, 0.2) is 0 Å². The number of nitrogens with one attached hydrogen (secondary N) is 1. The van der Waals surface area contributed by atoms with Gasteiger partial charge < -0.3 is 10.1 Å². The predicted octanol–water partition coefficient (Wildman–Crippen LogP) is 2.65. The zero-order valence-corrected chi connectivity index (χ0v) is 14.9. The molecule has 0 bridgehead atoms. The van der Waals surface area contributed by atoms with Gasteiger partial charge in [0.25, 0.3) is 0 Å². The first-order chi connectivity index (χ1) is 12.0. The highest BCUT2D eigenvalue weighted by atomic mass is 16.5. The molecule has 0 aliphatic heterocycles. The lowest BCUT2D eigenvalue weighted by Crippen LogP contribution is -2.44. The van der Waals surface area contributed by atoms with Crippen LogP contribution in [0.3, 0.4) is 0 Å². The number of ether oxygens (including phenoxy) is 1. The second kappa shape index (κ2) is 8.97. The number of rotatable bonds is 7. The molecule has 0 saturated heterocycles. The number of pyridine rings is 1. The van der Waals surface area contributed by atoms with E-state index in [9.17, 15) is 9.59 Å². The summed E-state index contributed by atoms with van der Waals surface area (Å²) in [6, 6.07) is 10.9. The Bertz CT molecular complexity index is 699. The highest BCUT2D eigenvalue weighted by Crippen LogP contribution is 2.17. The van der Waals surface area contributed by atoms with Crippen LogP contribution in [0.2, 0.25) is 0 Å². The number of carbonyl (C=O) groups is 2. The van der Waals surface area contributed by atoms with E-state index in [0.717, 1.165) is 17.5 Å². The number of methoxy groups -OCH3 is 1. The number of hydrogen-bond acceptors (Lipinski definition) is 4. The summed E-state index contributed by atoms with van der Waals surface area (Å²) in [6.07, 6.45) is 4.63. The number of carbonyl (C=O) groups excluding carboxylic acids is 2. The van der Waals surface area contributed by atoms with E-state index in [1.54, 1.807) is 12.4 Å². The third kappa shape index (κ3) is 5.14. The van der Waals surface area contributed by atoms with Crippen LogP contribution in [0, 0.1) is 0 Å². The smallest absolute Gasteiger partial charge is 0.328 e. The number of nitrogens with zero attached hydrogens (tertiary/aromatic N) is 1. The molecular formula is C20H24N2O3. The summed E-state index contributed by atoms with van der Waals surface area (Å²) in [5.41, 5.74) is 3.05. The van der Waals surface area contributed by atoms with Crippen molar-refractivity contribution in [2.24, 2.45) is 0 Å². The van der Waals surface area contributed by atoms with Gasteiger partial charge in [-0.15, -0.1) is 0 Å². The van der Waals surface area contributed by atoms with E-state index >= 15 is 0 Å². The molecule has 1 aromatic heterocycles. The first kappa shape index (κ1) is 18.6. The summed E-state index contributed by atoms with van der Waals surface area (Å²) >= 11 is 0. The fraction of sp³-hybridized carbons (Fsp3) is 0.350. The van der Waals surface area contributed by atoms with Crippen LogP contribution in [-0.4, -0.2) is 30.0 Å². The fourth-order valence-corrected chi connectivity index (χ4v) is 2.58. The quantitative estimate of drug-likeness (QED) is 0.787. The van der Waals surface area contributed by atoms with Crippen LogP contribution in [0.1, 0.15) is 36.5 Å². The molecule has 0 spiro atoms. The van der Waals surface area contributed by atoms with Crippen molar-refractivity contribution < 1.29 is 14.3 Å². The Morgan fingerprint density at radius 3 is 2.28 bits per heavy atom. The van der Waals surface area contributed by atoms with Crippen LogP contribution in [0.4, 0.5) is 0 Å². The highest BCUT2D eigenvalue weighted by Gasteiger charge is 2.25. The van der Waals surface area contributed by atoms with E-state index in [0.29, 0.717) is 6.42 Å². The normalized spacial score (nSPS) is 12.9. The summed E-state index contributed by atoms with van der Waals surface area (Å²) < 4.78 is 4.83. The SMILES string of the molecule is CCc1ccc(C(C)C(=O)NC(Cc2ccncc2)C(=O)OC)cc1. The molecule has 2 atom stereocenters. The Morgan fingerprint density at radius 1 is 1.08 bits per heavy atom. The lowest BCUT2D eigenvalue weighted by molar-refractivity contribution is -0.145. The Kier molecular flexibility index (Phi) is 6.69. The first-order valence-electron chi connectivity index (χ1n) is 8.41. The molecule has 5 nitrogen and oxygen atoms in total. The monoisotopic (exact) mass is 340 g/mol. The molecule has 0 aliphatic rings. The van der Waals surface area contributed by atoms with Gasteiger partial charge in [0.05, 0.1) is 13.0 Å². The molecular weight excluding hydrogens is 316 g/mol. The second-order valence-corrected chi connectivity index (χ2v) is 5.96. The highest BCUT2D eigenvalue weighted by molar-refractivity contribution is 5.88. The Hall–Kier alpha value is -2.69. The zero-order valence-electron chi connectivity index (χ0n) is 14.9. The third-order valence-corrected chi connectivity index (χ3v) is 4.27. The molecule has 1 N–H and O–H groups in total. The number of amides is 1. The van der Waals surface area contributed by atoms with E-state index in [2.05, 4.69) is 17.2 Å². The van der Waals surface area contributed by atoms with Gasteiger partial charge in [0.1, 0.15) is 6.04 Å². The molecule has 1 aromatic carbocycles. The summed E-state index contributed by atoms with van der Waals surface area (Å²) in [7, 11) is 1.32. The Balaban J connectivity index is 2.08. The average molecular weight is 340 g/mol. The molecule has 132 valence electrons. The van der Waals surface area contributed by atoms with Crippen LogP contribution >= 0.6 is 0 Å². The number of aromatic nitrogens is 1. The van der Waals surface area contributed by atoms with Gasteiger partial charge in [-0.25, -0.2) is 4.79 Å². The molecule has 1 heterocycles. The van der Waals surface area contributed by atoms with Gasteiger partial charge in [-0.2, -0.15) is 0 Å². The largest absolute Gasteiger partial charge is 0.467 e. The minimum Gasteiger partial charge on any atom is -0.467 e. The lowest BCUT2D eigenvalue weighted by atomic mass is 9.97. The topological polar surface area (TPSA) is 68.3 Å². The third-order valence-electron chi connectivity index (χ3n) is 4.27. The lowest BCUT2D eigenvalue weighted by Gasteiger charge is -2.19. The van der Waals surface area contributed by atoms with Crippen molar-refractivity contribution in [2.45, 2.75) is 38.6 Å². The average Bonchev–Trinajstić information content (AvgIpc) is 2.67. The van der Waals surface area contributed by atoms with Gasteiger partial charge in [-0.3, -0.25) is 9.78 Å². The van der Waals surface area contributed by atoms with Crippen LogP contribution in [0.5, 0.6) is 0 Å². The maximum atomic E-state index is 12.6. The van der Waals surface area contributed by atoms with Crippen LogP contribution in [0.25, 0.3) is 0 Å². The van der Waals surface area contributed by atoms with Crippen molar-refractivity contribution in [1.82, 2.24) is 10.3 Å². The van der Waals surface area contributed by atoms with E-state index in [-0.39, 0.29) is 11.8 Å². The zero-order chi connectivity index (χ0) is 18.2. The number of benzene rings is 1. The second-order valence-electron chi connectivity index (χ2n) is 5.96. The molecule has 25 heavy (non-hydrogen) atoms. The van der Waals surface area contributed by atoms with Crippen LogP contribution in [0.15, 0.2) is 48.8 Å². The predicted molar refractivity (Wildman–Crippen MR) is 96.1 cm³/mol.